The highest BCUT2D eigenvalue weighted by molar-refractivity contribution is 5.67. The molecule has 0 heterocycles. The smallest absolute Gasteiger partial charge is 0.406 e. The molecular weight excluding hydrogens is 283 g/mol. The number of aliphatic hydroxyl groups is 1. The lowest BCUT2D eigenvalue weighted by Gasteiger charge is -2.11. The Morgan fingerprint density at radius 1 is 1.05 bits per heavy atom. The fourth-order valence-corrected chi connectivity index (χ4v) is 1.83. The van der Waals surface area contributed by atoms with Crippen LogP contribution in [0.2, 0.25) is 0 Å². The van der Waals surface area contributed by atoms with Crippen molar-refractivity contribution < 1.29 is 23.0 Å². The van der Waals surface area contributed by atoms with Gasteiger partial charge in [-0.2, -0.15) is 5.26 Å². The van der Waals surface area contributed by atoms with E-state index in [2.05, 4.69) is 4.74 Å². The van der Waals surface area contributed by atoms with Gasteiger partial charge in [-0.05, 0) is 34.9 Å². The van der Waals surface area contributed by atoms with Gasteiger partial charge < -0.3 is 9.84 Å². The van der Waals surface area contributed by atoms with Crippen LogP contribution in [0.1, 0.15) is 11.1 Å². The summed E-state index contributed by atoms with van der Waals surface area (Å²) in [5.74, 6) is -0.442. The molecule has 0 aliphatic rings. The Labute approximate surface area is 118 Å². The summed E-state index contributed by atoms with van der Waals surface area (Å²) in [7, 11) is 0. The second kappa shape index (κ2) is 5.85. The Balaban J connectivity index is 2.42. The third-order valence-corrected chi connectivity index (χ3v) is 2.74. The lowest BCUT2D eigenvalue weighted by atomic mass is 10.0. The fraction of sp³-hybridized carbons (Fsp3) is 0.133. The van der Waals surface area contributed by atoms with E-state index in [1.807, 2.05) is 0 Å². The number of aliphatic hydroxyl groups excluding tert-OH is 1. The molecule has 0 spiro atoms. The van der Waals surface area contributed by atoms with Crippen molar-refractivity contribution in [1.29, 1.82) is 5.26 Å². The second-order valence-corrected chi connectivity index (χ2v) is 4.26. The van der Waals surface area contributed by atoms with Crippen LogP contribution in [-0.4, -0.2) is 11.5 Å². The van der Waals surface area contributed by atoms with E-state index in [1.165, 1.54) is 12.1 Å². The van der Waals surface area contributed by atoms with Crippen molar-refractivity contribution in [1.82, 2.24) is 0 Å². The molecule has 0 bridgehead atoms. The van der Waals surface area contributed by atoms with Gasteiger partial charge in [0.2, 0.25) is 0 Å². The minimum absolute atomic E-state index is 0.0676. The lowest BCUT2D eigenvalue weighted by Crippen LogP contribution is -2.17. The average molecular weight is 293 g/mol. The van der Waals surface area contributed by atoms with Crippen LogP contribution < -0.4 is 4.74 Å². The molecule has 0 unspecified atom stereocenters. The van der Waals surface area contributed by atoms with E-state index >= 15 is 0 Å². The standard InChI is InChI=1S/C15H10F3NO2/c16-15(17,18)21-14-6-11(8-19)5-13(7-14)12-3-1-10(9-20)2-4-12/h1-7,20H,9H2. The van der Waals surface area contributed by atoms with E-state index < -0.39 is 12.1 Å². The summed E-state index contributed by atoms with van der Waals surface area (Å²) in [6, 6.07) is 12.1. The molecule has 0 radical (unpaired) electrons. The van der Waals surface area contributed by atoms with Gasteiger partial charge in [-0.15, -0.1) is 13.2 Å². The first-order valence-corrected chi connectivity index (χ1v) is 5.92. The maximum absolute atomic E-state index is 12.3. The zero-order valence-corrected chi connectivity index (χ0v) is 10.7. The largest absolute Gasteiger partial charge is 0.573 e. The van der Waals surface area contributed by atoms with Crippen molar-refractivity contribution in [3.8, 4) is 22.9 Å². The monoisotopic (exact) mass is 293 g/mol. The molecule has 2 aromatic rings. The summed E-state index contributed by atoms with van der Waals surface area (Å²) in [6.07, 6.45) is -4.81. The third kappa shape index (κ3) is 3.97. The Hall–Kier alpha value is -2.52. The molecule has 0 aliphatic heterocycles. The molecule has 0 amide bonds. The molecule has 1 N–H and O–H groups in total. The molecule has 0 fully saturated rings. The van der Waals surface area contributed by atoms with E-state index in [4.69, 9.17) is 10.4 Å². The number of hydrogen-bond donors (Lipinski definition) is 1. The summed E-state index contributed by atoms with van der Waals surface area (Å²) in [5, 5.41) is 17.9. The molecule has 0 saturated carbocycles. The van der Waals surface area contributed by atoms with Crippen LogP contribution in [0, 0.1) is 11.3 Å². The van der Waals surface area contributed by atoms with E-state index in [0.717, 1.165) is 6.07 Å². The SMILES string of the molecule is N#Cc1cc(OC(F)(F)F)cc(-c2ccc(CO)cc2)c1. The quantitative estimate of drug-likeness (QED) is 0.940. The number of halogens is 3. The first kappa shape index (κ1) is 14.9. The van der Waals surface area contributed by atoms with Crippen molar-refractivity contribution in [2.45, 2.75) is 13.0 Å². The van der Waals surface area contributed by atoms with Gasteiger partial charge in [0, 0.05) is 0 Å². The van der Waals surface area contributed by atoms with Crippen LogP contribution in [0.3, 0.4) is 0 Å². The third-order valence-electron chi connectivity index (χ3n) is 2.74. The van der Waals surface area contributed by atoms with Gasteiger partial charge >= 0.3 is 6.36 Å². The maximum atomic E-state index is 12.3. The Morgan fingerprint density at radius 2 is 1.71 bits per heavy atom. The van der Waals surface area contributed by atoms with Gasteiger partial charge in [-0.3, -0.25) is 0 Å². The minimum Gasteiger partial charge on any atom is -0.406 e. The van der Waals surface area contributed by atoms with Crippen molar-refractivity contribution in [3.63, 3.8) is 0 Å². The molecule has 2 rings (SSSR count). The minimum atomic E-state index is -4.81. The van der Waals surface area contributed by atoms with Crippen LogP contribution >= 0.6 is 0 Å². The normalized spacial score (nSPS) is 11.0. The first-order chi connectivity index (χ1) is 9.91. The zero-order chi connectivity index (χ0) is 15.5. The highest BCUT2D eigenvalue weighted by Gasteiger charge is 2.31. The predicted molar refractivity (Wildman–Crippen MR) is 69.2 cm³/mol. The first-order valence-electron chi connectivity index (χ1n) is 5.92. The second-order valence-electron chi connectivity index (χ2n) is 4.26. The van der Waals surface area contributed by atoms with Gasteiger partial charge in [0.1, 0.15) is 5.75 Å². The van der Waals surface area contributed by atoms with Crippen molar-refractivity contribution in [2.24, 2.45) is 0 Å². The Bertz CT molecular complexity index is 673. The zero-order valence-electron chi connectivity index (χ0n) is 10.7. The van der Waals surface area contributed by atoms with E-state index in [0.29, 0.717) is 16.7 Å². The lowest BCUT2D eigenvalue weighted by molar-refractivity contribution is -0.274. The Kier molecular flexibility index (Phi) is 4.15. The maximum Gasteiger partial charge on any atom is 0.573 e. The van der Waals surface area contributed by atoms with Crippen LogP contribution in [0.15, 0.2) is 42.5 Å². The molecular formula is C15H10F3NO2. The van der Waals surface area contributed by atoms with Gasteiger partial charge in [-0.1, -0.05) is 24.3 Å². The van der Waals surface area contributed by atoms with Gasteiger partial charge in [0.25, 0.3) is 0 Å². The molecule has 3 nitrogen and oxygen atoms in total. The number of nitriles is 1. The Morgan fingerprint density at radius 3 is 2.24 bits per heavy atom. The van der Waals surface area contributed by atoms with Gasteiger partial charge in [0.05, 0.1) is 18.2 Å². The van der Waals surface area contributed by atoms with Crippen LogP contribution in [-0.2, 0) is 6.61 Å². The van der Waals surface area contributed by atoms with Crippen LogP contribution in [0.25, 0.3) is 11.1 Å². The van der Waals surface area contributed by atoms with Crippen molar-refractivity contribution in [3.05, 3.63) is 53.6 Å². The van der Waals surface area contributed by atoms with Crippen molar-refractivity contribution >= 4 is 0 Å². The fourth-order valence-electron chi connectivity index (χ4n) is 1.83. The summed E-state index contributed by atoms with van der Waals surface area (Å²) >= 11 is 0. The van der Waals surface area contributed by atoms with Crippen molar-refractivity contribution in [2.75, 3.05) is 0 Å². The van der Waals surface area contributed by atoms with Gasteiger partial charge in [0.15, 0.2) is 0 Å². The average Bonchev–Trinajstić information content (AvgIpc) is 2.45. The highest BCUT2D eigenvalue weighted by Crippen LogP contribution is 2.29. The summed E-state index contributed by atoms with van der Waals surface area (Å²) in [6.45, 7) is -0.124. The molecule has 0 saturated heterocycles. The molecule has 0 aliphatic carbocycles. The van der Waals surface area contributed by atoms with E-state index in [9.17, 15) is 13.2 Å². The van der Waals surface area contributed by atoms with Gasteiger partial charge in [-0.25, -0.2) is 0 Å². The van der Waals surface area contributed by atoms with Crippen LogP contribution in [0.5, 0.6) is 5.75 Å². The number of nitrogens with zero attached hydrogens (tertiary/aromatic N) is 1. The highest BCUT2D eigenvalue weighted by atomic mass is 19.4. The predicted octanol–water partition coefficient (Wildman–Crippen LogP) is 3.62. The topological polar surface area (TPSA) is 53.2 Å². The number of hydrogen-bond acceptors (Lipinski definition) is 3. The molecule has 6 heteroatoms. The molecule has 21 heavy (non-hydrogen) atoms. The molecule has 2 aromatic carbocycles. The van der Waals surface area contributed by atoms with E-state index in [1.54, 1.807) is 30.3 Å². The molecule has 0 aromatic heterocycles. The number of rotatable bonds is 3. The summed E-state index contributed by atoms with van der Waals surface area (Å²) in [4.78, 5) is 0. The summed E-state index contributed by atoms with van der Waals surface area (Å²) < 4.78 is 40.7. The number of alkyl halides is 3. The summed E-state index contributed by atoms with van der Waals surface area (Å²) in [5.41, 5.74) is 1.80. The van der Waals surface area contributed by atoms with Crippen LogP contribution in [0.4, 0.5) is 13.2 Å². The molecule has 108 valence electrons. The number of benzene rings is 2. The van der Waals surface area contributed by atoms with E-state index in [-0.39, 0.29) is 12.2 Å². The molecule has 0 atom stereocenters. The number of ether oxygens (including phenoxy) is 1.